The normalized spacial score (nSPS) is 22.4. The molecule has 0 saturated heterocycles. The molecule has 2 nitrogen and oxygen atoms in total. The maximum absolute atomic E-state index is 5.91. The standard InChI is InChI=1S/C14H20N2S3/c1-18-11-7-3-5-9(11)16-10-6-4-8-12(19-2)13(10)14(15)17/h4,6,8-9,11,16H,3,5,7H2,1-2H3,(H2,15,17). The van der Waals surface area contributed by atoms with Crippen LogP contribution in [0, 0.1) is 0 Å². The van der Waals surface area contributed by atoms with Crippen molar-refractivity contribution in [2.24, 2.45) is 5.73 Å². The van der Waals surface area contributed by atoms with Crippen molar-refractivity contribution in [2.45, 2.75) is 35.4 Å². The fourth-order valence-corrected chi connectivity index (χ4v) is 4.51. The summed E-state index contributed by atoms with van der Waals surface area (Å²) in [5.74, 6) is 0. The van der Waals surface area contributed by atoms with E-state index in [1.165, 1.54) is 19.3 Å². The summed E-state index contributed by atoms with van der Waals surface area (Å²) in [4.78, 5) is 1.63. The van der Waals surface area contributed by atoms with Crippen LogP contribution in [0.3, 0.4) is 0 Å². The molecule has 5 heteroatoms. The minimum atomic E-state index is 0.478. The summed E-state index contributed by atoms with van der Waals surface area (Å²) in [6.45, 7) is 0. The Morgan fingerprint density at radius 3 is 2.79 bits per heavy atom. The molecule has 1 aliphatic carbocycles. The lowest BCUT2D eigenvalue weighted by Crippen LogP contribution is -2.27. The molecule has 2 unspecified atom stereocenters. The number of nitrogens with one attached hydrogen (secondary N) is 1. The number of hydrogen-bond acceptors (Lipinski definition) is 4. The van der Waals surface area contributed by atoms with Crippen LogP contribution in [0.1, 0.15) is 24.8 Å². The van der Waals surface area contributed by atoms with E-state index in [9.17, 15) is 0 Å². The van der Waals surface area contributed by atoms with Gasteiger partial charge in [0.2, 0.25) is 0 Å². The zero-order valence-corrected chi connectivity index (χ0v) is 13.8. The zero-order chi connectivity index (χ0) is 13.8. The molecule has 0 aliphatic heterocycles. The van der Waals surface area contributed by atoms with Crippen molar-refractivity contribution in [3.8, 4) is 0 Å². The highest BCUT2D eigenvalue weighted by Gasteiger charge is 2.27. The second-order valence-corrected chi connectivity index (χ2v) is 7.07. The van der Waals surface area contributed by atoms with E-state index in [1.54, 1.807) is 11.8 Å². The maximum atomic E-state index is 5.91. The van der Waals surface area contributed by atoms with E-state index in [4.69, 9.17) is 18.0 Å². The van der Waals surface area contributed by atoms with Gasteiger partial charge in [0.05, 0.1) is 0 Å². The Kier molecular flexibility index (Phi) is 5.42. The highest BCUT2D eigenvalue weighted by atomic mass is 32.2. The number of thiocarbonyl (C=S) groups is 1. The molecule has 1 saturated carbocycles. The van der Waals surface area contributed by atoms with Gasteiger partial charge in [0, 0.05) is 27.4 Å². The molecule has 0 heterocycles. The third kappa shape index (κ3) is 3.38. The van der Waals surface area contributed by atoms with Gasteiger partial charge in [-0.2, -0.15) is 11.8 Å². The average Bonchev–Trinajstić information content (AvgIpc) is 2.85. The monoisotopic (exact) mass is 312 g/mol. The molecule has 0 bridgehead atoms. The van der Waals surface area contributed by atoms with Crippen LogP contribution in [-0.4, -0.2) is 28.8 Å². The SMILES string of the molecule is CSc1cccc(NC2CCCC2SC)c1C(N)=S. The van der Waals surface area contributed by atoms with Gasteiger partial charge in [0.15, 0.2) is 0 Å². The summed E-state index contributed by atoms with van der Waals surface area (Å²) in [5, 5.41) is 4.36. The molecular weight excluding hydrogens is 292 g/mol. The molecule has 1 aromatic rings. The quantitative estimate of drug-likeness (QED) is 0.640. The topological polar surface area (TPSA) is 38.0 Å². The number of benzene rings is 1. The van der Waals surface area contributed by atoms with E-state index in [-0.39, 0.29) is 0 Å². The Morgan fingerprint density at radius 2 is 2.16 bits per heavy atom. The fourth-order valence-electron chi connectivity index (χ4n) is 2.65. The van der Waals surface area contributed by atoms with Crippen molar-refractivity contribution >= 4 is 46.4 Å². The van der Waals surface area contributed by atoms with Gasteiger partial charge in [-0.3, -0.25) is 0 Å². The van der Waals surface area contributed by atoms with Gasteiger partial charge >= 0.3 is 0 Å². The largest absolute Gasteiger partial charge is 0.389 e. The van der Waals surface area contributed by atoms with E-state index in [0.29, 0.717) is 16.3 Å². The van der Waals surface area contributed by atoms with Crippen LogP contribution in [0.2, 0.25) is 0 Å². The van der Waals surface area contributed by atoms with Crippen LogP contribution in [0.4, 0.5) is 5.69 Å². The van der Waals surface area contributed by atoms with Gasteiger partial charge in [-0.1, -0.05) is 24.7 Å². The molecule has 0 aromatic heterocycles. The first kappa shape index (κ1) is 15.0. The van der Waals surface area contributed by atoms with Gasteiger partial charge in [-0.15, -0.1) is 11.8 Å². The van der Waals surface area contributed by atoms with Crippen molar-refractivity contribution in [1.82, 2.24) is 0 Å². The first-order valence-corrected chi connectivity index (χ1v) is 9.35. The lowest BCUT2D eigenvalue weighted by Gasteiger charge is -2.23. The lowest BCUT2D eigenvalue weighted by atomic mass is 10.1. The third-order valence-electron chi connectivity index (χ3n) is 3.59. The lowest BCUT2D eigenvalue weighted by molar-refractivity contribution is 0.768. The predicted molar refractivity (Wildman–Crippen MR) is 92.7 cm³/mol. The summed E-state index contributed by atoms with van der Waals surface area (Å²) < 4.78 is 0. The number of hydrogen-bond donors (Lipinski definition) is 2. The Balaban J connectivity index is 2.27. The second kappa shape index (κ2) is 6.86. The highest BCUT2D eigenvalue weighted by molar-refractivity contribution is 7.99. The zero-order valence-electron chi connectivity index (χ0n) is 11.3. The van der Waals surface area contributed by atoms with Crippen molar-refractivity contribution in [1.29, 1.82) is 0 Å². The van der Waals surface area contributed by atoms with E-state index < -0.39 is 0 Å². The van der Waals surface area contributed by atoms with Crippen molar-refractivity contribution in [3.63, 3.8) is 0 Å². The Labute approximate surface area is 129 Å². The minimum absolute atomic E-state index is 0.478. The van der Waals surface area contributed by atoms with Crippen molar-refractivity contribution in [2.75, 3.05) is 17.8 Å². The summed E-state index contributed by atoms with van der Waals surface area (Å²) in [7, 11) is 0. The summed E-state index contributed by atoms with van der Waals surface area (Å²) in [6.07, 6.45) is 8.07. The fraction of sp³-hybridized carbons (Fsp3) is 0.500. The van der Waals surface area contributed by atoms with Gasteiger partial charge in [0.25, 0.3) is 0 Å². The number of thioether (sulfide) groups is 2. The number of rotatable bonds is 5. The molecule has 0 radical (unpaired) electrons. The van der Waals surface area contributed by atoms with Gasteiger partial charge in [-0.25, -0.2) is 0 Å². The molecule has 19 heavy (non-hydrogen) atoms. The van der Waals surface area contributed by atoms with Crippen molar-refractivity contribution in [3.05, 3.63) is 23.8 Å². The molecular formula is C14H20N2S3. The van der Waals surface area contributed by atoms with Crippen LogP contribution in [0.25, 0.3) is 0 Å². The molecule has 0 amide bonds. The first-order valence-electron chi connectivity index (χ1n) is 6.43. The molecule has 1 fully saturated rings. The van der Waals surface area contributed by atoms with Gasteiger partial charge < -0.3 is 11.1 Å². The molecule has 104 valence electrons. The van der Waals surface area contributed by atoms with Gasteiger partial charge in [0.1, 0.15) is 4.99 Å². The van der Waals surface area contributed by atoms with E-state index in [2.05, 4.69) is 36.0 Å². The molecule has 1 aromatic carbocycles. The van der Waals surface area contributed by atoms with Crippen LogP contribution < -0.4 is 11.1 Å². The maximum Gasteiger partial charge on any atom is 0.107 e. The summed E-state index contributed by atoms with van der Waals surface area (Å²) in [5.41, 5.74) is 7.99. The predicted octanol–water partition coefficient (Wildman–Crippen LogP) is 3.74. The Bertz CT molecular complexity index is 462. The summed E-state index contributed by atoms with van der Waals surface area (Å²) >= 11 is 8.86. The molecule has 3 N–H and O–H groups in total. The van der Waals surface area contributed by atoms with Crippen molar-refractivity contribution < 1.29 is 0 Å². The molecule has 1 aliphatic rings. The molecule has 2 rings (SSSR count). The third-order valence-corrected chi connectivity index (χ3v) is 5.74. The smallest absolute Gasteiger partial charge is 0.107 e. The van der Waals surface area contributed by atoms with Crippen LogP contribution in [-0.2, 0) is 0 Å². The van der Waals surface area contributed by atoms with Crippen LogP contribution >= 0.6 is 35.7 Å². The van der Waals surface area contributed by atoms with E-state index in [0.717, 1.165) is 16.1 Å². The van der Waals surface area contributed by atoms with E-state index >= 15 is 0 Å². The Morgan fingerprint density at radius 1 is 1.37 bits per heavy atom. The second-order valence-electron chi connectivity index (χ2n) is 4.70. The highest BCUT2D eigenvalue weighted by Crippen LogP contribution is 2.33. The van der Waals surface area contributed by atoms with Crippen LogP contribution in [0.5, 0.6) is 0 Å². The first-order chi connectivity index (χ1) is 9.17. The molecule has 0 spiro atoms. The number of nitrogens with two attached hydrogens (primary N) is 1. The minimum Gasteiger partial charge on any atom is -0.389 e. The average molecular weight is 313 g/mol. The number of anilines is 1. The molecule has 2 atom stereocenters. The summed E-state index contributed by atoms with van der Waals surface area (Å²) in [6, 6.07) is 6.76. The Hall–Kier alpha value is -0.390. The van der Waals surface area contributed by atoms with E-state index in [1.807, 2.05) is 11.8 Å². The van der Waals surface area contributed by atoms with Crippen LogP contribution in [0.15, 0.2) is 23.1 Å². The van der Waals surface area contributed by atoms with Gasteiger partial charge in [-0.05, 0) is 37.5 Å².